The summed E-state index contributed by atoms with van der Waals surface area (Å²) in [6.45, 7) is 8.35. The van der Waals surface area contributed by atoms with E-state index in [4.69, 9.17) is 0 Å². The van der Waals surface area contributed by atoms with E-state index in [1.54, 1.807) is 0 Å². The Labute approximate surface area is 151 Å². The summed E-state index contributed by atoms with van der Waals surface area (Å²) >= 11 is 0. The van der Waals surface area contributed by atoms with Crippen LogP contribution in [0.25, 0.3) is 0 Å². The van der Waals surface area contributed by atoms with E-state index in [9.17, 15) is 4.79 Å². The number of hydrogen-bond acceptors (Lipinski definition) is 3. The molecule has 0 radical (unpaired) electrons. The van der Waals surface area contributed by atoms with Crippen molar-refractivity contribution in [3.8, 4) is 0 Å². The normalized spacial score (nSPS) is 28.9. The van der Waals surface area contributed by atoms with E-state index in [0.29, 0.717) is 17.7 Å². The molecule has 3 fully saturated rings. The van der Waals surface area contributed by atoms with Crippen molar-refractivity contribution < 1.29 is 4.79 Å². The lowest BCUT2D eigenvalue weighted by molar-refractivity contribution is -0.136. The van der Waals surface area contributed by atoms with E-state index < -0.39 is 0 Å². The maximum absolute atomic E-state index is 12.9. The molecule has 3 atom stereocenters. The topological polar surface area (TPSA) is 35.6 Å². The first-order valence-electron chi connectivity index (χ1n) is 9.98. The molecule has 25 heavy (non-hydrogen) atoms. The van der Waals surface area contributed by atoms with Gasteiger partial charge in [-0.05, 0) is 62.6 Å². The number of fused-ring (bicyclic) bond motifs is 1. The zero-order valence-corrected chi connectivity index (χ0v) is 15.4. The second-order valence-corrected chi connectivity index (χ2v) is 8.27. The van der Waals surface area contributed by atoms with Crippen molar-refractivity contribution in [2.24, 2.45) is 17.8 Å². The van der Waals surface area contributed by atoms with Crippen molar-refractivity contribution in [1.29, 1.82) is 0 Å². The molecular weight excluding hydrogens is 310 g/mol. The molecule has 4 nitrogen and oxygen atoms in total. The molecule has 4 heteroatoms. The molecule has 3 aliphatic rings. The summed E-state index contributed by atoms with van der Waals surface area (Å²) in [5.41, 5.74) is 1.45. The van der Waals surface area contributed by atoms with E-state index in [2.05, 4.69) is 52.4 Å². The Bertz CT molecular complexity index is 570. The van der Waals surface area contributed by atoms with Crippen LogP contribution in [0, 0.1) is 17.8 Å². The Hall–Kier alpha value is -1.39. The molecule has 136 valence electrons. The molecule has 0 saturated carbocycles. The highest BCUT2D eigenvalue weighted by Gasteiger charge is 2.40. The standard InChI is InChI=1S/C21H31N3O/c1-16(21(25)24-14-19-12-22-13-20(19)15-24)23-9-7-18(8-10-23)11-17-5-3-2-4-6-17/h2-6,16,18-20,22H,7-15H2,1H3/t16?,19-,20+. The van der Waals surface area contributed by atoms with Gasteiger partial charge in [-0.15, -0.1) is 0 Å². The molecule has 1 aromatic rings. The van der Waals surface area contributed by atoms with Crippen LogP contribution in [-0.2, 0) is 11.2 Å². The summed E-state index contributed by atoms with van der Waals surface area (Å²) in [5.74, 6) is 2.49. The van der Waals surface area contributed by atoms with Gasteiger partial charge in [-0.1, -0.05) is 30.3 Å². The Morgan fingerprint density at radius 1 is 1.12 bits per heavy atom. The fourth-order valence-corrected chi connectivity index (χ4v) is 4.95. The van der Waals surface area contributed by atoms with Crippen LogP contribution >= 0.6 is 0 Å². The number of amides is 1. The second-order valence-electron chi connectivity index (χ2n) is 8.27. The third-order valence-corrected chi connectivity index (χ3v) is 6.62. The second kappa shape index (κ2) is 7.46. The van der Waals surface area contributed by atoms with Gasteiger partial charge in [0.25, 0.3) is 0 Å². The number of nitrogens with one attached hydrogen (secondary N) is 1. The lowest BCUT2D eigenvalue weighted by atomic mass is 9.89. The predicted molar refractivity (Wildman–Crippen MR) is 100 cm³/mol. The molecule has 4 rings (SSSR count). The van der Waals surface area contributed by atoms with Crippen LogP contribution in [0.5, 0.6) is 0 Å². The molecule has 3 heterocycles. The number of piperidine rings is 1. The summed E-state index contributed by atoms with van der Waals surface area (Å²) in [7, 11) is 0. The lowest BCUT2D eigenvalue weighted by Gasteiger charge is -2.37. The largest absolute Gasteiger partial charge is 0.341 e. The van der Waals surface area contributed by atoms with Crippen molar-refractivity contribution in [3.05, 3.63) is 35.9 Å². The van der Waals surface area contributed by atoms with Gasteiger partial charge < -0.3 is 10.2 Å². The van der Waals surface area contributed by atoms with Crippen LogP contribution in [0.15, 0.2) is 30.3 Å². The number of likely N-dealkylation sites (tertiary alicyclic amines) is 2. The molecule has 0 spiro atoms. The van der Waals surface area contributed by atoms with E-state index >= 15 is 0 Å². The summed E-state index contributed by atoms with van der Waals surface area (Å²) in [5, 5.41) is 3.45. The summed E-state index contributed by atoms with van der Waals surface area (Å²) in [6, 6.07) is 10.9. The average molecular weight is 341 g/mol. The van der Waals surface area contributed by atoms with Crippen LogP contribution in [0.1, 0.15) is 25.3 Å². The first-order chi connectivity index (χ1) is 12.2. The zero-order valence-electron chi connectivity index (χ0n) is 15.4. The van der Waals surface area contributed by atoms with Gasteiger partial charge in [0.1, 0.15) is 0 Å². The highest BCUT2D eigenvalue weighted by atomic mass is 16.2. The van der Waals surface area contributed by atoms with Gasteiger partial charge >= 0.3 is 0 Å². The van der Waals surface area contributed by atoms with Crippen LogP contribution in [-0.4, -0.2) is 61.0 Å². The van der Waals surface area contributed by atoms with Gasteiger partial charge in [-0.2, -0.15) is 0 Å². The van der Waals surface area contributed by atoms with E-state index in [1.165, 1.54) is 24.8 Å². The van der Waals surface area contributed by atoms with Crippen molar-refractivity contribution in [3.63, 3.8) is 0 Å². The number of rotatable bonds is 4. The zero-order chi connectivity index (χ0) is 17.2. The first-order valence-corrected chi connectivity index (χ1v) is 9.98. The fourth-order valence-electron chi connectivity index (χ4n) is 4.95. The molecular formula is C21H31N3O. The lowest BCUT2D eigenvalue weighted by Crippen LogP contribution is -2.49. The van der Waals surface area contributed by atoms with Gasteiger partial charge in [0.05, 0.1) is 6.04 Å². The van der Waals surface area contributed by atoms with Crippen LogP contribution in [0.3, 0.4) is 0 Å². The Kier molecular flexibility index (Phi) is 5.09. The third kappa shape index (κ3) is 3.75. The minimum Gasteiger partial charge on any atom is -0.341 e. The quantitative estimate of drug-likeness (QED) is 0.910. The SMILES string of the molecule is CC(C(=O)N1C[C@H]2CNC[C@H]2C1)N1CCC(Cc2ccccc2)CC1. The predicted octanol–water partition coefficient (Wildman–Crippen LogP) is 2.01. The highest BCUT2D eigenvalue weighted by Crippen LogP contribution is 2.28. The minimum absolute atomic E-state index is 0.0458. The van der Waals surface area contributed by atoms with Crippen molar-refractivity contribution in [2.75, 3.05) is 39.3 Å². The third-order valence-electron chi connectivity index (χ3n) is 6.62. The van der Waals surface area contributed by atoms with E-state index in [1.807, 2.05) is 0 Å². The van der Waals surface area contributed by atoms with Gasteiger partial charge in [0.2, 0.25) is 5.91 Å². The maximum Gasteiger partial charge on any atom is 0.239 e. The molecule has 1 N–H and O–H groups in total. The van der Waals surface area contributed by atoms with Gasteiger partial charge in [-0.25, -0.2) is 0 Å². The Morgan fingerprint density at radius 2 is 1.76 bits per heavy atom. The monoisotopic (exact) mass is 341 g/mol. The molecule has 1 amide bonds. The smallest absolute Gasteiger partial charge is 0.239 e. The summed E-state index contributed by atoms with van der Waals surface area (Å²) in [4.78, 5) is 17.5. The van der Waals surface area contributed by atoms with Crippen LogP contribution in [0.4, 0.5) is 0 Å². The van der Waals surface area contributed by atoms with E-state index in [0.717, 1.165) is 45.2 Å². The fraction of sp³-hybridized carbons (Fsp3) is 0.667. The molecule has 3 saturated heterocycles. The molecule has 1 unspecified atom stereocenters. The molecule has 1 aromatic carbocycles. The number of benzene rings is 1. The van der Waals surface area contributed by atoms with E-state index in [-0.39, 0.29) is 6.04 Å². The molecule has 0 aliphatic carbocycles. The van der Waals surface area contributed by atoms with Crippen molar-refractivity contribution in [2.45, 2.75) is 32.2 Å². The number of nitrogens with zero attached hydrogens (tertiary/aromatic N) is 2. The Balaban J connectivity index is 1.26. The Morgan fingerprint density at radius 3 is 2.40 bits per heavy atom. The average Bonchev–Trinajstić information content (AvgIpc) is 3.24. The summed E-state index contributed by atoms with van der Waals surface area (Å²) < 4.78 is 0. The minimum atomic E-state index is 0.0458. The number of hydrogen-bond donors (Lipinski definition) is 1. The van der Waals surface area contributed by atoms with Gasteiger partial charge in [0, 0.05) is 26.2 Å². The van der Waals surface area contributed by atoms with Crippen molar-refractivity contribution >= 4 is 5.91 Å². The van der Waals surface area contributed by atoms with Crippen molar-refractivity contribution in [1.82, 2.24) is 15.1 Å². The van der Waals surface area contributed by atoms with Gasteiger partial charge in [-0.3, -0.25) is 9.69 Å². The molecule has 3 aliphatic heterocycles. The molecule has 0 aromatic heterocycles. The number of carbonyl (C=O) groups is 1. The molecule has 0 bridgehead atoms. The van der Waals surface area contributed by atoms with Crippen LogP contribution in [0.2, 0.25) is 0 Å². The maximum atomic E-state index is 12.9. The van der Waals surface area contributed by atoms with Gasteiger partial charge in [0.15, 0.2) is 0 Å². The summed E-state index contributed by atoms with van der Waals surface area (Å²) in [6.07, 6.45) is 3.60. The first kappa shape index (κ1) is 17.0. The van der Waals surface area contributed by atoms with Crippen LogP contribution < -0.4 is 5.32 Å². The number of carbonyl (C=O) groups excluding carboxylic acids is 1. The highest BCUT2D eigenvalue weighted by molar-refractivity contribution is 5.81.